The molecule has 2 nitrogen and oxygen atoms in total. The Bertz CT molecular complexity index is 360. The summed E-state index contributed by atoms with van der Waals surface area (Å²) in [4.78, 5) is 0. The second-order valence-corrected chi connectivity index (χ2v) is 5.16. The number of fused-ring (bicyclic) bond motifs is 1. The van der Waals surface area contributed by atoms with Gasteiger partial charge in [0.05, 0.1) is 6.61 Å². The van der Waals surface area contributed by atoms with Gasteiger partial charge >= 0.3 is 0 Å². The van der Waals surface area contributed by atoms with Crippen LogP contribution in [0.3, 0.4) is 0 Å². The fourth-order valence-electron chi connectivity index (χ4n) is 1.92. The van der Waals surface area contributed by atoms with Crippen LogP contribution >= 0.6 is 0 Å². The van der Waals surface area contributed by atoms with Gasteiger partial charge in [0.1, 0.15) is 5.75 Å². The van der Waals surface area contributed by atoms with E-state index in [2.05, 4.69) is 44.3 Å². The summed E-state index contributed by atoms with van der Waals surface area (Å²) in [5.41, 5.74) is 1.57. The summed E-state index contributed by atoms with van der Waals surface area (Å²) in [7, 11) is 0. The molecule has 1 aromatic rings. The van der Waals surface area contributed by atoms with E-state index in [0.717, 1.165) is 25.3 Å². The van der Waals surface area contributed by atoms with Crippen molar-refractivity contribution in [3.63, 3.8) is 0 Å². The van der Waals surface area contributed by atoms with Crippen molar-refractivity contribution < 1.29 is 4.74 Å². The fourth-order valence-corrected chi connectivity index (χ4v) is 1.92. The lowest BCUT2D eigenvalue weighted by Crippen LogP contribution is -2.41. The zero-order chi connectivity index (χ0) is 11.6. The van der Waals surface area contributed by atoms with Gasteiger partial charge in [-0.1, -0.05) is 25.1 Å². The summed E-state index contributed by atoms with van der Waals surface area (Å²) in [5, 5.41) is 3.61. The predicted molar refractivity (Wildman–Crippen MR) is 67.1 cm³/mol. The molecule has 1 aliphatic rings. The lowest BCUT2D eigenvalue weighted by molar-refractivity contribution is 0.304. The molecule has 1 aliphatic heterocycles. The van der Waals surface area contributed by atoms with Gasteiger partial charge in [0.15, 0.2) is 0 Å². The van der Waals surface area contributed by atoms with E-state index in [0.29, 0.717) is 5.92 Å². The highest BCUT2D eigenvalue weighted by molar-refractivity contribution is 5.39. The molecule has 0 saturated heterocycles. The Kier molecular flexibility index (Phi) is 3.20. The third-order valence-corrected chi connectivity index (χ3v) is 3.51. The molecule has 0 saturated carbocycles. The van der Waals surface area contributed by atoms with Gasteiger partial charge in [0, 0.05) is 23.6 Å². The van der Waals surface area contributed by atoms with Crippen molar-refractivity contribution >= 4 is 0 Å². The second-order valence-electron chi connectivity index (χ2n) is 5.16. The van der Waals surface area contributed by atoms with Gasteiger partial charge in [-0.25, -0.2) is 0 Å². The van der Waals surface area contributed by atoms with Crippen molar-refractivity contribution in [2.45, 2.75) is 38.6 Å². The molecule has 0 aromatic heterocycles. The fraction of sp³-hybridized carbons (Fsp3) is 0.571. The van der Waals surface area contributed by atoms with Crippen LogP contribution < -0.4 is 10.1 Å². The second kappa shape index (κ2) is 4.46. The highest BCUT2D eigenvalue weighted by atomic mass is 16.5. The number of nitrogens with one attached hydrogen (secondary N) is 1. The maximum Gasteiger partial charge on any atom is 0.122 e. The Labute approximate surface area is 98.0 Å². The molecule has 0 radical (unpaired) electrons. The van der Waals surface area contributed by atoms with Crippen molar-refractivity contribution in [1.82, 2.24) is 5.32 Å². The number of para-hydroxylation sites is 1. The monoisotopic (exact) mass is 219 g/mol. The molecule has 2 heteroatoms. The van der Waals surface area contributed by atoms with Crippen LogP contribution in [0.1, 0.15) is 38.7 Å². The number of hydrogen-bond acceptors (Lipinski definition) is 2. The minimum Gasteiger partial charge on any atom is -0.493 e. The third-order valence-electron chi connectivity index (χ3n) is 3.51. The van der Waals surface area contributed by atoms with Gasteiger partial charge in [0.25, 0.3) is 0 Å². The lowest BCUT2D eigenvalue weighted by Gasteiger charge is -2.26. The van der Waals surface area contributed by atoms with Crippen LogP contribution in [0.25, 0.3) is 0 Å². The van der Waals surface area contributed by atoms with E-state index in [1.165, 1.54) is 5.56 Å². The molecule has 0 bridgehead atoms. The van der Waals surface area contributed by atoms with Gasteiger partial charge in [-0.3, -0.25) is 0 Å². The average molecular weight is 219 g/mol. The van der Waals surface area contributed by atoms with Crippen molar-refractivity contribution in [2.24, 2.45) is 0 Å². The van der Waals surface area contributed by atoms with Gasteiger partial charge in [-0.15, -0.1) is 0 Å². The zero-order valence-corrected chi connectivity index (χ0v) is 10.4. The molecular weight excluding hydrogens is 198 g/mol. The Hall–Kier alpha value is -1.02. The Morgan fingerprint density at radius 2 is 2.12 bits per heavy atom. The molecule has 1 aromatic carbocycles. The first-order valence-corrected chi connectivity index (χ1v) is 6.09. The van der Waals surface area contributed by atoms with E-state index in [1.54, 1.807) is 0 Å². The zero-order valence-electron chi connectivity index (χ0n) is 10.4. The topological polar surface area (TPSA) is 21.3 Å². The molecule has 16 heavy (non-hydrogen) atoms. The highest BCUT2D eigenvalue weighted by Crippen LogP contribution is 2.33. The predicted octanol–water partition coefficient (Wildman–Crippen LogP) is 2.94. The standard InChI is InChI=1S/C14H21NO/c1-4-14(2,3)15-9-11-10-16-13-8-6-5-7-12(11)13/h5-8,11,15H,4,9-10H2,1-3H3. The number of benzene rings is 1. The molecule has 1 heterocycles. The average Bonchev–Trinajstić information content (AvgIpc) is 2.70. The van der Waals surface area contributed by atoms with Gasteiger partial charge in [0.2, 0.25) is 0 Å². The van der Waals surface area contributed by atoms with Crippen molar-refractivity contribution in [1.29, 1.82) is 0 Å². The maximum atomic E-state index is 5.67. The van der Waals surface area contributed by atoms with E-state index >= 15 is 0 Å². The first-order chi connectivity index (χ1) is 7.62. The Morgan fingerprint density at radius 1 is 1.38 bits per heavy atom. The van der Waals surface area contributed by atoms with Gasteiger partial charge < -0.3 is 10.1 Å². The maximum absolute atomic E-state index is 5.67. The Morgan fingerprint density at radius 3 is 2.88 bits per heavy atom. The van der Waals surface area contributed by atoms with Crippen LogP contribution in [-0.2, 0) is 0 Å². The summed E-state index contributed by atoms with van der Waals surface area (Å²) in [6.07, 6.45) is 1.14. The van der Waals surface area contributed by atoms with E-state index in [9.17, 15) is 0 Å². The summed E-state index contributed by atoms with van der Waals surface area (Å²) in [5.74, 6) is 1.56. The molecule has 1 atom stereocenters. The van der Waals surface area contributed by atoms with Crippen LogP contribution in [-0.4, -0.2) is 18.7 Å². The molecule has 0 amide bonds. The molecule has 0 aliphatic carbocycles. The van der Waals surface area contributed by atoms with Crippen molar-refractivity contribution in [3.05, 3.63) is 29.8 Å². The van der Waals surface area contributed by atoms with E-state index in [-0.39, 0.29) is 5.54 Å². The van der Waals surface area contributed by atoms with Crippen LogP contribution in [0, 0.1) is 0 Å². The molecule has 1 N–H and O–H groups in total. The van der Waals surface area contributed by atoms with Crippen LogP contribution in [0.2, 0.25) is 0 Å². The number of hydrogen-bond donors (Lipinski definition) is 1. The third kappa shape index (κ3) is 2.38. The highest BCUT2D eigenvalue weighted by Gasteiger charge is 2.25. The van der Waals surface area contributed by atoms with E-state index in [1.807, 2.05) is 6.07 Å². The minimum atomic E-state index is 0.220. The normalized spacial score (nSPS) is 19.3. The van der Waals surface area contributed by atoms with Crippen molar-refractivity contribution in [2.75, 3.05) is 13.2 Å². The lowest BCUT2D eigenvalue weighted by atomic mass is 9.97. The molecule has 1 unspecified atom stereocenters. The smallest absolute Gasteiger partial charge is 0.122 e. The summed E-state index contributed by atoms with van der Waals surface area (Å²) in [6, 6.07) is 8.35. The SMILES string of the molecule is CCC(C)(C)NCC1COc2ccccc21. The largest absolute Gasteiger partial charge is 0.493 e. The minimum absolute atomic E-state index is 0.220. The first kappa shape index (κ1) is 11.5. The van der Waals surface area contributed by atoms with Crippen LogP contribution in [0.4, 0.5) is 0 Å². The van der Waals surface area contributed by atoms with E-state index < -0.39 is 0 Å². The summed E-state index contributed by atoms with van der Waals surface area (Å²) in [6.45, 7) is 8.51. The van der Waals surface area contributed by atoms with Crippen molar-refractivity contribution in [3.8, 4) is 5.75 Å². The number of rotatable bonds is 4. The van der Waals surface area contributed by atoms with Crippen LogP contribution in [0.5, 0.6) is 5.75 Å². The number of ether oxygens (including phenoxy) is 1. The molecular formula is C14H21NO. The van der Waals surface area contributed by atoms with Gasteiger partial charge in [-0.2, -0.15) is 0 Å². The van der Waals surface area contributed by atoms with Gasteiger partial charge in [-0.05, 0) is 26.3 Å². The first-order valence-electron chi connectivity index (χ1n) is 6.09. The molecule has 2 rings (SSSR count). The Balaban J connectivity index is 1.99. The van der Waals surface area contributed by atoms with Crippen LogP contribution in [0.15, 0.2) is 24.3 Å². The molecule has 88 valence electrons. The molecule has 0 fully saturated rings. The summed E-state index contributed by atoms with van der Waals surface area (Å²) < 4.78 is 5.67. The molecule has 0 spiro atoms. The van der Waals surface area contributed by atoms with E-state index in [4.69, 9.17) is 4.74 Å². The quantitative estimate of drug-likeness (QED) is 0.840. The summed E-state index contributed by atoms with van der Waals surface area (Å²) >= 11 is 0.